The van der Waals surface area contributed by atoms with Crippen molar-refractivity contribution in [3.63, 3.8) is 0 Å². The normalized spacial score (nSPS) is 29.8. The van der Waals surface area contributed by atoms with Crippen LogP contribution in [0, 0.1) is 23.7 Å². The van der Waals surface area contributed by atoms with Gasteiger partial charge in [0.25, 0.3) is 0 Å². The number of benzene rings is 1. The van der Waals surface area contributed by atoms with Crippen LogP contribution in [0.4, 0.5) is 0 Å². The molecule has 8 heteroatoms. The summed E-state index contributed by atoms with van der Waals surface area (Å²) >= 11 is 1.63. The topological polar surface area (TPSA) is 87.1 Å². The molecule has 1 aromatic carbocycles. The number of carbonyl (C=O) groups is 3. The average molecular weight is 555 g/mol. The van der Waals surface area contributed by atoms with E-state index in [1.165, 1.54) is 0 Å². The number of fused-ring (bicyclic) bond motifs is 1. The van der Waals surface area contributed by atoms with Crippen molar-refractivity contribution in [3.8, 4) is 0 Å². The molecule has 0 aliphatic carbocycles. The molecule has 1 spiro atoms. The number of hydrogen-bond donors (Lipinski definition) is 1. The van der Waals surface area contributed by atoms with E-state index in [0.29, 0.717) is 25.9 Å². The molecular formula is C31H42N2O5S. The number of aliphatic hydroxyl groups excluding tert-OH is 1. The first-order valence-corrected chi connectivity index (χ1v) is 14.9. The van der Waals surface area contributed by atoms with Gasteiger partial charge in [0.05, 0.1) is 35.8 Å². The largest absolute Gasteiger partial charge is 0.465 e. The highest BCUT2D eigenvalue weighted by Crippen LogP contribution is 2.69. The number of nitrogens with zero attached hydrogens (tertiary/aromatic N) is 2. The SMILES string of the molecule is C=CCCOC(=O)[C@@H]1[C@H]2C(=O)N([C@@H](CO)CC(C)C)C(C(=O)N(CC=C)Cc3ccccc3)C23S[C@@H]1CC3C. The van der Waals surface area contributed by atoms with E-state index in [0.717, 1.165) is 12.0 Å². The predicted octanol–water partition coefficient (Wildman–Crippen LogP) is 4.06. The molecule has 2 amide bonds. The van der Waals surface area contributed by atoms with Gasteiger partial charge in [-0.2, -0.15) is 0 Å². The Labute approximate surface area is 236 Å². The van der Waals surface area contributed by atoms with E-state index < -0.39 is 28.7 Å². The highest BCUT2D eigenvalue weighted by Gasteiger charge is 2.77. The summed E-state index contributed by atoms with van der Waals surface area (Å²) in [5.41, 5.74) is 0.985. The Balaban J connectivity index is 1.77. The van der Waals surface area contributed by atoms with Gasteiger partial charge < -0.3 is 19.6 Å². The van der Waals surface area contributed by atoms with Gasteiger partial charge in [-0.25, -0.2) is 0 Å². The van der Waals surface area contributed by atoms with E-state index in [4.69, 9.17) is 4.74 Å². The van der Waals surface area contributed by atoms with Gasteiger partial charge in [0.2, 0.25) is 11.8 Å². The zero-order chi connectivity index (χ0) is 28.3. The molecule has 3 aliphatic rings. The third-order valence-corrected chi connectivity index (χ3v) is 10.6. The Morgan fingerprint density at radius 2 is 1.97 bits per heavy atom. The molecule has 3 aliphatic heterocycles. The summed E-state index contributed by atoms with van der Waals surface area (Å²) < 4.78 is 4.84. The number of carbonyl (C=O) groups excluding carboxylic acids is 3. The fourth-order valence-corrected chi connectivity index (χ4v) is 9.31. The number of thioether (sulfide) groups is 1. The summed E-state index contributed by atoms with van der Waals surface area (Å²) in [6.07, 6.45) is 5.24. The summed E-state index contributed by atoms with van der Waals surface area (Å²) in [6, 6.07) is 8.47. The van der Waals surface area contributed by atoms with Crippen LogP contribution >= 0.6 is 11.8 Å². The fraction of sp³-hybridized carbons (Fsp3) is 0.581. The second-order valence-electron chi connectivity index (χ2n) is 11.5. The standard InChI is InChI=1S/C31H42N2O5S/c1-6-8-15-38-30(37)25-24-17-21(5)31(39-24)26(25)28(35)33(23(19-34)16-20(3)4)27(31)29(36)32(14-7-2)18-22-12-10-9-11-13-22/h6-7,9-13,20-21,23-27,34H,1-2,8,14-19H2,3-5H3/t21?,23-,24-,25+,26+,27?,31?/m1/s1. The van der Waals surface area contributed by atoms with Crippen LogP contribution in [0.15, 0.2) is 55.6 Å². The minimum atomic E-state index is -0.787. The average Bonchev–Trinajstić information content (AvgIpc) is 3.51. The second-order valence-corrected chi connectivity index (χ2v) is 13.1. The van der Waals surface area contributed by atoms with Gasteiger partial charge in [-0.05, 0) is 36.7 Å². The lowest BCUT2D eigenvalue weighted by Crippen LogP contribution is -2.59. The molecule has 39 heavy (non-hydrogen) atoms. The molecule has 1 aromatic rings. The van der Waals surface area contributed by atoms with Gasteiger partial charge in [0.1, 0.15) is 6.04 Å². The quantitative estimate of drug-likeness (QED) is 0.225. The molecule has 3 saturated heterocycles. The minimum absolute atomic E-state index is 0.0401. The van der Waals surface area contributed by atoms with E-state index in [2.05, 4.69) is 20.1 Å². The fourth-order valence-electron chi connectivity index (χ4n) is 6.92. The van der Waals surface area contributed by atoms with Crippen molar-refractivity contribution < 1.29 is 24.2 Å². The molecule has 4 rings (SSSR count). The van der Waals surface area contributed by atoms with Crippen molar-refractivity contribution >= 4 is 29.5 Å². The molecular weight excluding hydrogens is 512 g/mol. The molecule has 212 valence electrons. The van der Waals surface area contributed by atoms with E-state index in [-0.39, 0.29) is 48.1 Å². The van der Waals surface area contributed by atoms with Gasteiger partial charge >= 0.3 is 5.97 Å². The third-order valence-electron chi connectivity index (χ3n) is 8.48. The first kappa shape index (κ1) is 29.4. The van der Waals surface area contributed by atoms with Crippen molar-refractivity contribution in [2.24, 2.45) is 23.7 Å². The van der Waals surface area contributed by atoms with Crippen LogP contribution in [0.25, 0.3) is 0 Å². The van der Waals surface area contributed by atoms with E-state index >= 15 is 0 Å². The van der Waals surface area contributed by atoms with Crippen LogP contribution < -0.4 is 0 Å². The zero-order valence-electron chi connectivity index (χ0n) is 23.3. The monoisotopic (exact) mass is 554 g/mol. The summed E-state index contributed by atoms with van der Waals surface area (Å²) in [4.78, 5) is 45.8. The van der Waals surface area contributed by atoms with Crippen molar-refractivity contribution in [2.45, 2.75) is 68.7 Å². The maximum atomic E-state index is 14.6. The molecule has 0 saturated carbocycles. The highest BCUT2D eigenvalue weighted by atomic mass is 32.2. The van der Waals surface area contributed by atoms with Gasteiger partial charge in [0, 0.05) is 18.3 Å². The minimum Gasteiger partial charge on any atom is -0.465 e. The van der Waals surface area contributed by atoms with Gasteiger partial charge in [-0.3, -0.25) is 14.4 Å². The molecule has 0 radical (unpaired) electrons. The van der Waals surface area contributed by atoms with Crippen LogP contribution in [-0.4, -0.2) is 74.5 Å². The Bertz CT molecular complexity index is 1080. The van der Waals surface area contributed by atoms with Crippen molar-refractivity contribution in [1.82, 2.24) is 9.80 Å². The summed E-state index contributed by atoms with van der Waals surface area (Å²) in [5, 5.41) is 10.4. The lowest BCUT2D eigenvalue weighted by molar-refractivity contribution is -0.155. The maximum absolute atomic E-state index is 14.6. The molecule has 2 bridgehead atoms. The van der Waals surface area contributed by atoms with Crippen molar-refractivity contribution in [1.29, 1.82) is 0 Å². The highest BCUT2D eigenvalue weighted by molar-refractivity contribution is 8.02. The second kappa shape index (κ2) is 12.3. The Morgan fingerprint density at radius 3 is 2.59 bits per heavy atom. The van der Waals surface area contributed by atoms with Crippen LogP contribution in [0.1, 0.15) is 45.6 Å². The van der Waals surface area contributed by atoms with E-state index in [1.54, 1.807) is 33.7 Å². The lowest BCUT2D eigenvalue weighted by atomic mass is 9.66. The predicted molar refractivity (Wildman–Crippen MR) is 154 cm³/mol. The number of aliphatic hydroxyl groups is 1. The third kappa shape index (κ3) is 5.30. The number of rotatable bonds is 13. The lowest BCUT2D eigenvalue weighted by Gasteiger charge is -2.42. The van der Waals surface area contributed by atoms with Gasteiger partial charge in [-0.15, -0.1) is 24.9 Å². The molecule has 7 atom stereocenters. The molecule has 1 N–H and O–H groups in total. The smallest absolute Gasteiger partial charge is 0.310 e. The summed E-state index contributed by atoms with van der Waals surface area (Å²) in [6.45, 7) is 14.5. The first-order valence-electron chi connectivity index (χ1n) is 14.0. The van der Waals surface area contributed by atoms with E-state index in [1.807, 2.05) is 44.2 Å². The zero-order valence-corrected chi connectivity index (χ0v) is 24.1. The molecule has 7 nitrogen and oxygen atoms in total. The van der Waals surface area contributed by atoms with E-state index in [9.17, 15) is 19.5 Å². The van der Waals surface area contributed by atoms with Gasteiger partial charge in [0.15, 0.2) is 0 Å². The number of likely N-dealkylation sites (tertiary alicyclic amines) is 1. The van der Waals surface area contributed by atoms with Crippen molar-refractivity contribution in [3.05, 3.63) is 61.2 Å². The van der Waals surface area contributed by atoms with Crippen LogP contribution in [0.3, 0.4) is 0 Å². The Hall–Kier alpha value is -2.58. The molecule has 3 fully saturated rings. The molecule has 3 unspecified atom stereocenters. The van der Waals surface area contributed by atoms with Crippen LogP contribution in [0.5, 0.6) is 0 Å². The van der Waals surface area contributed by atoms with Crippen LogP contribution in [0.2, 0.25) is 0 Å². The number of esters is 1. The van der Waals surface area contributed by atoms with Gasteiger partial charge in [-0.1, -0.05) is 63.3 Å². The Kier molecular flexibility index (Phi) is 9.27. The number of hydrogen-bond acceptors (Lipinski definition) is 6. The van der Waals surface area contributed by atoms with Crippen LogP contribution in [-0.2, 0) is 25.7 Å². The molecule has 0 aromatic heterocycles. The number of amides is 2. The summed E-state index contributed by atoms with van der Waals surface area (Å²) in [5.74, 6) is -1.76. The Morgan fingerprint density at radius 1 is 1.26 bits per heavy atom. The first-order chi connectivity index (χ1) is 18.7. The molecule has 3 heterocycles. The maximum Gasteiger partial charge on any atom is 0.310 e. The number of ether oxygens (including phenoxy) is 1. The van der Waals surface area contributed by atoms with Crippen molar-refractivity contribution in [2.75, 3.05) is 19.8 Å². The summed E-state index contributed by atoms with van der Waals surface area (Å²) in [7, 11) is 0.